The van der Waals surface area contributed by atoms with E-state index in [0.717, 1.165) is 38.0 Å². The predicted octanol–water partition coefficient (Wildman–Crippen LogP) is 4.44. The summed E-state index contributed by atoms with van der Waals surface area (Å²) in [5.74, 6) is 0.133. The number of amides is 2. The van der Waals surface area contributed by atoms with Crippen molar-refractivity contribution >= 4 is 23.2 Å². The Morgan fingerprint density at radius 2 is 2.00 bits per heavy atom. The number of benzene rings is 1. The van der Waals surface area contributed by atoms with Crippen LogP contribution in [0.2, 0.25) is 0 Å². The Balaban J connectivity index is 1.76. The number of carbonyl (C=O) groups excluding carboxylic acids is 2. The van der Waals surface area contributed by atoms with Crippen molar-refractivity contribution in [2.45, 2.75) is 33.6 Å². The summed E-state index contributed by atoms with van der Waals surface area (Å²) in [6.07, 6.45) is 1.75. The normalized spacial score (nSPS) is 17.0. The molecule has 1 aliphatic heterocycles. The van der Waals surface area contributed by atoms with Gasteiger partial charge in [0.05, 0.1) is 5.92 Å². The van der Waals surface area contributed by atoms with E-state index in [4.69, 9.17) is 0 Å². The van der Waals surface area contributed by atoms with Gasteiger partial charge in [-0.1, -0.05) is 12.1 Å². The first kappa shape index (κ1) is 19.6. The zero-order chi connectivity index (χ0) is 19.4. The second kappa shape index (κ2) is 8.70. The van der Waals surface area contributed by atoms with E-state index < -0.39 is 0 Å². The van der Waals surface area contributed by atoms with Crippen LogP contribution in [0.25, 0.3) is 10.4 Å². The zero-order valence-corrected chi connectivity index (χ0v) is 17.2. The van der Waals surface area contributed by atoms with E-state index in [-0.39, 0.29) is 17.7 Å². The van der Waals surface area contributed by atoms with Gasteiger partial charge in [0, 0.05) is 36.6 Å². The van der Waals surface area contributed by atoms with Crippen molar-refractivity contribution < 1.29 is 9.59 Å². The molecule has 1 fully saturated rings. The van der Waals surface area contributed by atoms with E-state index in [9.17, 15) is 9.59 Å². The highest BCUT2D eigenvalue weighted by Gasteiger charge is 2.30. The fourth-order valence-electron chi connectivity index (χ4n) is 3.80. The molecule has 1 aromatic carbocycles. The number of nitrogens with zero attached hydrogens (tertiary/aromatic N) is 2. The number of hydrogen-bond acceptors (Lipinski definition) is 3. The number of carbonyl (C=O) groups is 2. The molecular formula is C22H28N2O2S. The van der Waals surface area contributed by atoms with Crippen molar-refractivity contribution in [1.82, 2.24) is 9.80 Å². The van der Waals surface area contributed by atoms with Crippen molar-refractivity contribution in [3.05, 3.63) is 46.8 Å². The van der Waals surface area contributed by atoms with E-state index >= 15 is 0 Å². The molecule has 1 saturated heterocycles. The average Bonchev–Trinajstić information content (AvgIpc) is 3.14. The highest BCUT2D eigenvalue weighted by molar-refractivity contribution is 7.13. The van der Waals surface area contributed by atoms with Gasteiger partial charge in [0.2, 0.25) is 5.91 Å². The quantitative estimate of drug-likeness (QED) is 0.764. The molecule has 0 radical (unpaired) electrons. The predicted molar refractivity (Wildman–Crippen MR) is 111 cm³/mol. The molecule has 2 amide bonds. The first-order valence-corrected chi connectivity index (χ1v) is 10.7. The van der Waals surface area contributed by atoms with Crippen molar-refractivity contribution in [2.24, 2.45) is 5.92 Å². The van der Waals surface area contributed by atoms with Gasteiger partial charge in [-0.05, 0) is 68.3 Å². The second-order valence-electron chi connectivity index (χ2n) is 7.11. The highest BCUT2D eigenvalue weighted by atomic mass is 32.1. The largest absolute Gasteiger partial charge is 0.343 e. The Hall–Kier alpha value is -2.14. The van der Waals surface area contributed by atoms with Crippen LogP contribution < -0.4 is 0 Å². The minimum atomic E-state index is -0.0784. The third-order valence-electron chi connectivity index (χ3n) is 5.37. The summed E-state index contributed by atoms with van der Waals surface area (Å²) in [6.45, 7) is 8.80. The molecule has 0 unspecified atom stereocenters. The van der Waals surface area contributed by atoms with Crippen LogP contribution >= 0.6 is 11.3 Å². The summed E-state index contributed by atoms with van der Waals surface area (Å²) in [4.78, 5) is 30.7. The summed E-state index contributed by atoms with van der Waals surface area (Å²) >= 11 is 1.70. The van der Waals surface area contributed by atoms with Gasteiger partial charge in [0.15, 0.2) is 0 Å². The smallest absolute Gasteiger partial charge is 0.253 e. The fourth-order valence-corrected chi connectivity index (χ4v) is 4.73. The van der Waals surface area contributed by atoms with Gasteiger partial charge in [-0.15, -0.1) is 11.3 Å². The van der Waals surface area contributed by atoms with Gasteiger partial charge in [-0.25, -0.2) is 0 Å². The first-order valence-electron chi connectivity index (χ1n) is 9.77. The molecule has 0 N–H and O–H groups in total. The standard InChI is InChI=1S/C22H28N2O2S/c1-4-23(5-2)22(26)19-10-7-12-24(15-19)21(25)18-9-6-8-17(14-18)20-16(3)11-13-27-20/h6,8-9,11,13-14,19H,4-5,7,10,12,15H2,1-3H3/t19-/m1/s1. The molecule has 144 valence electrons. The van der Waals surface area contributed by atoms with Crippen LogP contribution in [0.5, 0.6) is 0 Å². The molecule has 3 rings (SSSR count). The number of rotatable bonds is 5. The molecule has 2 heterocycles. The minimum absolute atomic E-state index is 0.0307. The molecule has 4 nitrogen and oxygen atoms in total. The van der Waals surface area contributed by atoms with Crippen LogP contribution in [-0.2, 0) is 4.79 Å². The lowest BCUT2D eigenvalue weighted by atomic mass is 9.95. The Bertz CT molecular complexity index is 810. The zero-order valence-electron chi connectivity index (χ0n) is 16.4. The molecule has 5 heteroatoms. The van der Waals surface area contributed by atoms with Gasteiger partial charge < -0.3 is 9.80 Å². The summed E-state index contributed by atoms with van der Waals surface area (Å²) in [5.41, 5.74) is 3.02. The summed E-state index contributed by atoms with van der Waals surface area (Å²) in [7, 11) is 0. The lowest BCUT2D eigenvalue weighted by molar-refractivity contribution is -0.136. The lowest BCUT2D eigenvalue weighted by Crippen LogP contribution is -2.46. The highest BCUT2D eigenvalue weighted by Crippen LogP contribution is 2.30. The van der Waals surface area contributed by atoms with Crippen LogP contribution in [0.4, 0.5) is 0 Å². The van der Waals surface area contributed by atoms with Crippen LogP contribution in [0, 0.1) is 12.8 Å². The number of aryl methyl sites for hydroxylation is 1. The van der Waals surface area contributed by atoms with Gasteiger partial charge in [0.25, 0.3) is 5.91 Å². The fraction of sp³-hybridized carbons (Fsp3) is 0.455. The molecular weight excluding hydrogens is 356 g/mol. The minimum Gasteiger partial charge on any atom is -0.343 e. The van der Waals surface area contributed by atoms with Crippen LogP contribution in [-0.4, -0.2) is 47.8 Å². The summed E-state index contributed by atoms with van der Waals surface area (Å²) in [6, 6.07) is 9.97. The topological polar surface area (TPSA) is 40.6 Å². The maximum Gasteiger partial charge on any atom is 0.253 e. The van der Waals surface area contributed by atoms with Gasteiger partial charge in [0.1, 0.15) is 0 Å². The molecule has 2 aromatic rings. The third kappa shape index (κ3) is 4.24. The van der Waals surface area contributed by atoms with Gasteiger partial charge in [-0.3, -0.25) is 9.59 Å². The van der Waals surface area contributed by atoms with Crippen LogP contribution in [0.15, 0.2) is 35.7 Å². The third-order valence-corrected chi connectivity index (χ3v) is 6.43. The Kier molecular flexibility index (Phi) is 6.32. The van der Waals surface area contributed by atoms with Crippen LogP contribution in [0.3, 0.4) is 0 Å². The Labute approximate surface area is 165 Å². The lowest BCUT2D eigenvalue weighted by Gasteiger charge is -2.34. The SMILES string of the molecule is CCN(CC)C(=O)[C@@H]1CCCN(C(=O)c2cccc(-c3sccc3C)c2)C1. The van der Waals surface area contributed by atoms with E-state index in [1.54, 1.807) is 11.3 Å². The molecule has 0 saturated carbocycles. The monoisotopic (exact) mass is 384 g/mol. The van der Waals surface area contributed by atoms with E-state index in [1.807, 2.05) is 41.8 Å². The summed E-state index contributed by atoms with van der Waals surface area (Å²) in [5, 5.41) is 2.08. The van der Waals surface area contributed by atoms with Crippen LogP contribution in [0.1, 0.15) is 42.6 Å². The second-order valence-corrected chi connectivity index (χ2v) is 8.03. The molecule has 27 heavy (non-hydrogen) atoms. The number of likely N-dealkylation sites (tertiary alicyclic amines) is 1. The van der Waals surface area contributed by atoms with Gasteiger partial charge in [-0.2, -0.15) is 0 Å². The van der Waals surface area contributed by atoms with E-state index in [2.05, 4.69) is 24.4 Å². The molecule has 0 spiro atoms. The van der Waals surface area contributed by atoms with Gasteiger partial charge >= 0.3 is 0 Å². The van der Waals surface area contributed by atoms with E-state index in [1.165, 1.54) is 10.4 Å². The van der Waals surface area contributed by atoms with Crippen molar-refractivity contribution in [3.8, 4) is 10.4 Å². The van der Waals surface area contributed by atoms with Crippen molar-refractivity contribution in [3.63, 3.8) is 0 Å². The molecule has 0 bridgehead atoms. The number of thiophene rings is 1. The summed E-state index contributed by atoms with van der Waals surface area (Å²) < 4.78 is 0. The maximum atomic E-state index is 13.1. The Morgan fingerprint density at radius 3 is 2.67 bits per heavy atom. The Morgan fingerprint density at radius 1 is 1.22 bits per heavy atom. The number of piperidine rings is 1. The molecule has 1 atom stereocenters. The van der Waals surface area contributed by atoms with Crippen molar-refractivity contribution in [2.75, 3.05) is 26.2 Å². The van der Waals surface area contributed by atoms with E-state index in [0.29, 0.717) is 12.1 Å². The molecule has 0 aliphatic carbocycles. The molecule has 1 aromatic heterocycles. The van der Waals surface area contributed by atoms with Crippen molar-refractivity contribution in [1.29, 1.82) is 0 Å². The first-order chi connectivity index (χ1) is 13.0. The molecule has 1 aliphatic rings. The number of hydrogen-bond donors (Lipinski definition) is 0. The average molecular weight is 385 g/mol. The maximum absolute atomic E-state index is 13.1.